The predicted octanol–water partition coefficient (Wildman–Crippen LogP) is 3.41. The van der Waals surface area contributed by atoms with E-state index in [1.54, 1.807) is 38.1 Å². The predicted molar refractivity (Wildman–Crippen MR) is 105 cm³/mol. The molecule has 28 heavy (non-hydrogen) atoms. The number of phosphoric ester groups is 1. The molecule has 0 fully saturated rings. The Morgan fingerprint density at radius 1 is 1.11 bits per heavy atom. The maximum atomic E-state index is 12.8. The monoisotopic (exact) mass is 415 g/mol. The number of phosphoric acid groups is 1. The summed E-state index contributed by atoms with van der Waals surface area (Å²) in [6.07, 6.45) is -0.890. The van der Waals surface area contributed by atoms with Crippen molar-refractivity contribution in [2.45, 2.75) is 52.7 Å². The van der Waals surface area contributed by atoms with Gasteiger partial charge < -0.3 is 10.4 Å². The van der Waals surface area contributed by atoms with Gasteiger partial charge in [0.1, 0.15) is 6.04 Å². The molecule has 1 amide bonds. The second-order valence-corrected chi connectivity index (χ2v) is 8.22. The lowest BCUT2D eigenvalue weighted by Crippen LogP contribution is -2.47. The fraction of sp³-hybridized carbons (Fsp3) is 0.579. The largest absolute Gasteiger partial charge is 0.480 e. The first-order valence-electron chi connectivity index (χ1n) is 9.35. The highest BCUT2D eigenvalue weighted by Crippen LogP contribution is 2.50. The fourth-order valence-corrected chi connectivity index (χ4v) is 3.84. The van der Waals surface area contributed by atoms with Crippen molar-refractivity contribution in [1.82, 2.24) is 5.32 Å². The molecule has 0 aromatic heterocycles. The van der Waals surface area contributed by atoms with E-state index in [0.29, 0.717) is 0 Å². The summed E-state index contributed by atoms with van der Waals surface area (Å²) >= 11 is 0. The lowest BCUT2D eigenvalue weighted by atomic mass is 10.0. The zero-order valence-corrected chi connectivity index (χ0v) is 17.7. The van der Waals surface area contributed by atoms with Gasteiger partial charge in [0.25, 0.3) is 5.91 Å². The number of nitrogens with one attached hydrogen (secondary N) is 1. The van der Waals surface area contributed by atoms with Crippen molar-refractivity contribution >= 4 is 19.7 Å². The molecule has 0 heterocycles. The molecular weight excluding hydrogens is 385 g/mol. The molecule has 0 aliphatic rings. The van der Waals surface area contributed by atoms with Crippen LogP contribution < -0.4 is 5.32 Å². The third-order valence-corrected chi connectivity index (χ3v) is 5.37. The van der Waals surface area contributed by atoms with Crippen LogP contribution in [-0.2, 0) is 34.1 Å². The van der Waals surface area contributed by atoms with Gasteiger partial charge in [0.05, 0.1) is 13.2 Å². The maximum Gasteiger partial charge on any atom is 0.475 e. The molecule has 0 saturated carbocycles. The number of carbonyl (C=O) groups is 2. The van der Waals surface area contributed by atoms with Crippen molar-refractivity contribution in [1.29, 1.82) is 0 Å². The topological polar surface area (TPSA) is 111 Å². The molecule has 0 radical (unpaired) electrons. The number of rotatable bonds is 13. The van der Waals surface area contributed by atoms with Gasteiger partial charge in [0.15, 0.2) is 6.10 Å². The Bertz CT molecular complexity index is 656. The highest BCUT2D eigenvalue weighted by molar-refractivity contribution is 7.48. The highest BCUT2D eigenvalue weighted by atomic mass is 31.2. The molecule has 158 valence electrons. The number of carboxylic acids is 1. The molecule has 0 spiro atoms. The van der Waals surface area contributed by atoms with E-state index in [2.05, 4.69) is 5.32 Å². The quantitative estimate of drug-likeness (QED) is 0.475. The van der Waals surface area contributed by atoms with Crippen LogP contribution in [0.5, 0.6) is 0 Å². The molecular formula is C19H30NO7P. The van der Waals surface area contributed by atoms with E-state index >= 15 is 0 Å². The summed E-state index contributed by atoms with van der Waals surface area (Å²) in [7, 11) is -3.97. The van der Waals surface area contributed by atoms with Gasteiger partial charge in [0.2, 0.25) is 0 Å². The minimum atomic E-state index is -3.97. The van der Waals surface area contributed by atoms with Crippen molar-refractivity contribution in [3.8, 4) is 0 Å². The Kier molecular flexibility index (Phi) is 10.4. The summed E-state index contributed by atoms with van der Waals surface area (Å²) in [4.78, 5) is 24.3. The smallest absolute Gasteiger partial charge is 0.475 e. The van der Waals surface area contributed by atoms with Crippen LogP contribution in [0.4, 0.5) is 0 Å². The van der Waals surface area contributed by atoms with Gasteiger partial charge in [-0.25, -0.2) is 9.36 Å². The minimum absolute atomic E-state index is 0.0628. The van der Waals surface area contributed by atoms with E-state index in [-0.39, 0.29) is 32.0 Å². The van der Waals surface area contributed by atoms with Crippen molar-refractivity contribution in [2.75, 3.05) is 13.2 Å². The number of carboxylic acid groups (broad SMARTS) is 1. The molecule has 2 atom stereocenters. The number of hydrogen-bond acceptors (Lipinski definition) is 6. The zero-order valence-electron chi connectivity index (χ0n) is 16.8. The number of hydrogen-bond donors (Lipinski definition) is 2. The molecule has 1 rings (SSSR count). The van der Waals surface area contributed by atoms with Crippen LogP contribution in [0.25, 0.3) is 0 Å². The first-order valence-corrected chi connectivity index (χ1v) is 10.8. The Hall–Kier alpha value is -1.73. The molecule has 0 unspecified atom stereocenters. The minimum Gasteiger partial charge on any atom is -0.480 e. The molecule has 0 aliphatic carbocycles. The van der Waals surface area contributed by atoms with Crippen molar-refractivity contribution < 1.29 is 32.8 Å². The van der Waals surface area contributed by atoms with Crippen LogP contribution in [0.1, 0.15) is 39.7 Å². The molecule has 0 bridgehead atoms. The number of carbonyl (C=O) groups excluding carboxylic acids is 1. The van der Waals surface area contributed by atoms with E-state index in [4.69, 9.17) is 13.6 Å². The van der Waals surface area contributed by atoms with Crippen molar-refractivity contribution in [3.05, 3.63) is 35.9 Å². The lowest BCUT2D eigenvalue weighted by molar-refractivity contribution is -0.143. The first-order chi connectivity index (χ1) is 13.2. The van der Waals surface area contributed by atoms with E-state index in [1.165, 1.54) is 0 Å². The van der Waals surface area contributed by atoms with Gasteiger partial charge in [-0.2, -0.15) is 0 Å². The van der Waals surface area contributed by atoms with Crippen LogP contribution in [0.15, 0.2) is 30.3 Å². The third-order valence-electron chi connectivity index (χ3n) is 3.71. The Morgan fingerprint density at radius 2 is 1.68 bits per heavy atom. The van der Waals surface area contributed by atoms with Crippen LogP contribution in [0, 0.1) is 5.92 Å². The Labute approximate surface area is 166 Å². The Balaban J connectivity index is 3.05. The summed E-state index contributed by atoms with van der Waals surface area (Å²) in [6.45, 7) is 7.12. The average Bonchev–Trinajstić information content (AvgIpc) is 2.61. The summed E-state index contributed by atoms with van der Waals surface area (Å²) in [5.74, 6) is -1.76. The molecule has 0 aliphatic heterocycles. The summed E-state index contributed by atoms with van der Waals surface area (Å²) in [6, 6.07) is 7.93. The van der Waals surface area contributed by atoms with Crippen LogP contribution in [0.2, 0.25) is 0 Å². The summed E-state index contributed by atoms with van der Waals surface area (Å²) in [5.41, 5.74) is 0.762. The molecule has 1 aromatic carbocycles. The van der Waals surface area contributed by atoms with Gasteiger partial charge in [-0.15, -0.1) is 0 Å². The highest BCUT2D eigenvalue weighted by Gasteiger charge is 2.35. The standard InChI is InChI=1S/C19H30NO7P/c1-5-25-28(24,26-6-2)27-17(13-15-10-8-7-9-11-15)18(21)20-16(19(22)23)12-14(3)4/h7-11,14,16-17H,5-6,12-13H2,1-4H3,(H,20,21)(H,22,23)/t16-,17-/m0/s1. The van der Waals surface area contributed by atoms with Gasteiger partial charge in [0, 0.05) is 6.42 Å². The normalized spacial score (nSPS) is 13.9. The fourth-order valence-electron chi connectivity index (χ4n) is 2.53. The van der Waals surface area contributed by atoms with Crippen LogP contribution in [-0.4, -0.2) is 42.3 Å². The van der Waals surface area contributed by atoms with Crippen molar-refractivity contribution in [3.63, 3.8) is 0 Å². The second kappa shape index (κ2) is 12.0. The molecule has 2 N–H and O–H groups in total. The average molecular weight is 415 g/mol. The number of aliphatic carboxylic acids is 1. The molecule has 0 saturated heterocycles. The number of amides is 1. The van der Waals surface area contributed by atoms with Gasteiger partial charge in [-0.05, 0) is 31.7 Å². The molecule has 8 nitrogen and oxygen atoms in total. The molecule has 1 aromatic rings. The van der Waals surface area contributed by atoms with Crippen LogP contribution in [0.3, 0.4) is 0 Å². The summed E-state index contributed by atoms with van der Waals surface area (Å²) in [5, 5.41) is 11.9. The SMILES string of the molecule is CCOP(=O)(OCC)O[C@@H](Cc1ccccc1)C(=O)N[C@@H](CC(C)C)C(=O)O. The van der Waals surface area contributed by atoms with E-state index in [1.807, 2.05) is 19.9 Å². The van der Waals surface area contributed by atoms with Gasteiger partial charge >= 0.3 is 13.8 Å². The van der Waals surface area contributed by atoms with Crippen LogP contribution >= 0.6 is 7.82 Å². The first kappa shape index (κ1) is 24.3. The van der Waals surface area contributed by atoms with Crippen molar-refractivity contribution in [2.24, 2.45) is 5.92 Å². The van der Waals surface area contributed by atoms with E-state index < -0.39 is 31.8 Å². The zero-order chi connectivity index (χ0) is 21.2. The third kappa shape index (κ3) is 8.52. The van der Waals surface area contributed by atoms with Gasteiger partial charge in [-0.1, -0.05) is 44.2 Å². The maximum absolute atomic E-state index is 12.8. The van der Waals surface area contributed by atoms with E-state index in [0.717, 1.165) is 5.56 Å². The molecule has 9 heteroatoms. The van der Waals surface area contributed by atoms with E-state index in [9.17, 15) is 19.3 Å². The second-order valence-electron chi connectivity index (χ2n) is 6.60. The summed E-state index contributed by atoms with van der Waals surface area (Å²) < 4.78 is 28.5. The number of benzene rings is 1. The van der Waals surface area contributed by atoms with Gasteiger partial charge in [-0.3, -0.25) is 18.4 Å². The lowest BCUT2D eigenvalue weighted by Gasteiger charge is -2.25. The Morgan fingerprint density at radius 3 is 2.14 bits per heavy atom.